The van der Waals surface area contributed by atoms with Gasteiger partial charge in [-0.25, -0.2) is 0 Å². The van der Waals surface area contributed by atoms with Crippen LogP contribution in [0.5, 0.6) is 0 Å². The molecule has 64 valence electrons. The Hall–Kier alpha value is -0.530. The molecule has 1 aliphatic rings. The summed E-state index contributed by atoms with van der Waals surface area (Å²) in [6.07, 6.45) is 2.04. The van der Waals surface area contributed by atoms with E-state index >= 15 is 0 Å². The number of aliphatic hydroxyl groups excluding tert-OH is 1. The van der Waals surface area contributed by atoms with Crippen LogP contribution in [0.25, 0.3) is 0 Å². The Morgan fingerprint density at radius 2 is 1.83 bits per heavy atom. The highest BCUT2D eigenvalue weighted by Gasteiger charge is 2.30. The lowest BCUT2D eigenvalue weighted by Crippen LogP contribution is -1.98. The average molecular weight is 183 g/mol. The van der Waals surface area contributed by atoms with Gasteiger partial charge in [-0.1, -0.05) is 23.7 Å². The van der Waals surface area contributed by atoms with Crippen molar-refractivity contribution in [1.82, 2.24) is 0 Å². The Bertz CT molecular complexity index is 264. The van der Waals surface area contributed by atoms with Crippen molar-refractivity contribution in [1.29, 1.82) is 0 Å². The van der Waals surface area contributed by atoms with Crippen molar-refractivity contribution < 1.29 is 5.11 Å². The van der Waals surface area contributed by atoms with Crippen molar-refractivity contribution in [2.75, 3.05) is 0 Å². The zero-order valence-electron chi connectivity index (χ0n) is 6.70. The van der Waals surface area contributed by atoms with Crippen LogP contribution in [0.4, 0.5) is 0 Å². The number of aliphatic hydroxyl groups is 1. The zero-order chi connectivity index (χ0) is 8.55. The van der Waals surface area contributed by atoms with Crippen LogP contribution < -0.4 is 0 Å². The molecule has 0 bridgehead atoms. The van der Waals surface area contributed by atoms with Crippen LogP contribution in [0.1, 0.15) is 24.5 Å². The lowest BCUT2D eigenvalue weighted by atomic mass is 10.1. The van der Waals surface area contributed by atoms with Crippen LogP contribution in [0.15, 0.2) is 24.3 Å². The zero-order valence-corrected chi connectivity index (χ0v) is 7.46. The molecule has 0 unspecified atom stereocenters. The quantitative estimate of drug-likeness (QED) is 0.746. The Balaban J connectivity index is 2.16. The number of rotatable bonds is 2. The topological polar surface area (TPSA) is 20.2 Å². The van der Waals surface area contributed by atoms with E-state index in [0.29, 0.717) is 5.92 Å². The predicted octanol–water partition coefficient (Wildman–Crippen LogP) is 2.78. The van der Waals surface area contributed by atoms with Gasteiger partial charge in [-0.2, -0.15) is 0 Å². The van der Waals surface area contributed by atoms with E-state index in [2.05, 4.69) is 0 Å². The van der Waals surface area contributed by atoms with Crippen molar-refractivity contribution in [3.8, 4) is 0 Å². The van der Waals surface area contributed by atoms with Crippen molar-refractivity contribution in [3.05, 3.63) is 34.9 Å². The maximum absolute atomic E-state index is 9.71. The largest absolute Gasteiger partial charge is 0.388 e. The maximum Gasteiger partial charge on any atom is 0.0818 e. The Morgan fingerprint density at radius 1 is 1.25 bits per heavy atom. The normalized spacial score (nSPS) is 19.2. The third kappa shape index (κ3) is 1.62. The second-order valence-corrected chi connectivity index (χ2v) is 3.77. The first-order valence-electron chi connectivity index (χ1n) is 4.21. The molecule has 0 saturated heterocycles. The van der Waals surface area contributed by atoms with Crippen LogP contribution in [0.2, 0.25) is 5.02 Å². The van der Waals surface area contributed by atoms with E-state index in [-0.39, 0.29) is 6.10 Å². The summed E-state index contributed by atoms with van der Waals surface area (Å²) in [5.74, 6) is 0.492. The third-order valence-corrected chi connectivity index (χ3v) is 2.53. The molecule has 1 atom stereocenters. The molecule has 0 spiro atoms. The molecule has 0 aromatic heterocycles. The summed E-state index contributed by atoms with van der Waals surface area (Å²) in [6, 6.07) is 7.43. The maximum atomic E-state index is 9.71. The lowest BCUT2D eigenvalue weighted by Gasteiger charge is -2.08. The number of hydrogen-bond donors (Lipinski definition) is 1. The summed E-state index contributed by atoms with van der Waals surface area (Å²) in [7, 11) is 0. The fourth-order valence-corrected chi connectivity index (χ4v) is 1.47. The molecule has 12 heavy (non-hydrogen) atoms. The Kier molecular flexibility index (Phi) is 2.07. The van der Waals surface area contributed by atoms with E-state index in [9.17, 15) is 5.11 Å². The molecule has 0 amide bonds. The lowest BCUT2D eigenvalue weighted by molar-refractivity contribution is 0.154. The smallest absolute Gasteiger partial charge is 0.0818 e. The van der Waals surface area contributed by atoms with Crippen molar-refractivity contribution in [2.24, 2.45) is 5.92 Å². The Labute approximate surface area is 77.0 Å². The monoisotopic (exact) mass is 182 g/mol. The summed E-state index contributed by atoms with van der Waals surface area (Å²) in [5.41, 5.74) is 0.988. The van der Waals surface area contributed by atoms with Gasteiger partial charge in [0.15, 0.2) is 0 Å². The van der Waals surface area contributed by atoms with E-state index in [4.69, 9.17) is 11.6 Å². The fraction of sp³-hybridized carbons (Fsp3) is 0.400. The highest BCUT2D eigenvalue weighted by Crippen LogP contribution is 2.40. The molecule has 1 fully saturated rings. The third-order valence-electron chi connectivity index (χ3n) is 2.28. The molecular weight excluding hydrogens is 172 g/mol. The molecule has 2 heteroatoms. The van der Waals surface area contributed by atoms with Gasteiger partial charge >= 0.3 is 0 Å². The molecule has 2 rings (SSSR count). The van der Waals surface area contributed by atoms with Crippen LogP contribution in [-0.2, 0) is 0 Å². The summed E-state index contributed by atoms with van der Waals surface area (Å²) in [6.45, 7) is 0. The second-order valence-electron chi connectivity index (χ2n) is 3.33. The summed E-state index contributed by atoms with van der Waals surface area (Å²) < 4.78 is 0. The second kappa shape index (κ2) is 3.08. The highest BCUT2D eigenvalue weighted by molar-refractivity contribution is 6.30. The van der Waals surface area contributed by atoms with Gasteiger partial charge in [-0.3, -0.25) is 0 Å². The van der Waals surface area contributed by atoms with Gasteiger partial charge in [0.2, 0.25) is 0 Å². The minimum atomic E-state index is -0.276. The van der Waals surface area contributed by atoms with E-state index in [1.165, 1.54) is 0 Å². The number of hydrogen-bond acceptors (Lipinski definition) is 1. The van der Waals surface area contributed by atoms with E-state index in [1.807, 2.05) is 24.3 Å². The minimum Gasteiger partial charge on any atom is -0.388 e. The van der Waals surface area contributed by atoms with Gasteiger partial charge in [0.05, 0.1) is 6.10 Å². The standard InChI is InChI=1S/C10H11ClO/c11-9-5-3-8(4-6-9)10(12)7-1-2-7/h3-7,10,12H,1-2H2/t10-/m0/s1. The highest BCUT2D eigenvalue weighted by atomic mass is 35.5. The van der Waals surface area contributed by atoms with Crippen LogP contribution >= 0.6 is 11.6 Å². The molecule has 0 aliphatic heterocycles. The molecular formula is C10H11ClO. The molecule has 1 saturated carbocycles. The van der Waals surface area contributed by atoms with E-state index in [0.717, 1.165) is 23.4 Å². The van der Waals surface area contributed by atoms with E-state index in [1.54, 1.807) is 0 Å². The molecule has 1 aliphatic carbocycles. The number of benzene rings is 1. The van der Waals surface area contributed by atoms with Crippen LogP contribution in [-0.4, -0.2) is 5.11 Å². The van der Waals surface area contributed by atoms with Crippen LogP contribution in [0.3, 0.4) is 0 Å². The SMILES string of the molecule is O[C@H](c1ccc(Cl)cc1)C1CC1. The van der Waals surface area contributed by atoms with Gasteiger partial charge in [-0.15, -0.1) is 0 Å². The van der Waals surface area contributed by atoms with Crippen molar-refractivity contribution in [3.63, 3.8) is 0 Å². The first-order valence-corrected chi connectivity index (χ1v) is 4.59. The first kappa shape index (κ1) is 8.09. The molecule has 1 N–H and O–H groups in total. The first-order chi connectivity index (χ1) is 5.77. The van der Waals surface area contributed by atoms with Gasteiger partial charge in [0, 0.05) is 5.02 Å². The molecule has 0 radical (unpaired) electrons. The van der Waals surface area contributed by atoms with Gasteiger partial charge in [0.1, 0.15) is 0 Å². The van der Waals surface area contributed by atoms with Crippen LogP contribution in [0, 0.1) is 5.92 Å². The van der Waals surface area contributed by atoms with Gasteiger partial charge in [-0.05, 0) is 36.5 Å². The van der Waals surface area contributed by atoms with Gasteiger partial charge in [0.25, 0.3) is 0 Å². The summed E-state index contributed by atoms with van der Waals surface area (Å²) in [4.78, 5) is 0. The Morgan fingerprint density at radius 3 is 2.33 bits per heavy atom. The fourth-order valence-electron chi connectivity index (χ4n) is 1.34. The molecule has 1 nitrogen and oxygen atoms in total. The number of halogens is 1. The summed E-state index contributed by atoms with van der Waals surface area (Å²) >= 11 is 5.73. The van der Waals surface area contributed by atoms with E-state index < -0.39 is 0 Å². The van der Waals surface area contributed by atoms with Crippen molar-refractivity contribution in [2.45, 2.75) is 18.9 Å². The minimum absolute atomic E-state index is 0.276. The van der Waals surface area contributed by atoms with Crippen molar-refractivity contribution >= 4 is 11.6 Å². The summed E-state index contributed by atoms with van der Waals surface area (Å²) in [5, 5.41) is 10.4. The van der Waals surface area contributed by atoms with Gasteiger partial charge < -0.3 is 5.11 Å². The molecule has 1 aromatic rings. The molecule has 1 aromatic carbocycles. The predicted molar refractivity (Wildman–Crippen MR) is 49.1 cm³/mol. The average Bonchev–Trinajstić information content (AvgIpc) is 2.87. The molecule has 0 heterocycles.